The van der Waals surface area contributed by atoms with Crippen molar-refractivity contribution in [2.75, 3.05) is 0 Å². The van der Waals surface area contributed by atoms with Crippen molar-refractivity contribution in [1.82, 2.24) is 9.78 Å². The molecule has 0 aliphatic heterocycles. The van der Waals surface area contributed by atoms with Crippen LogP contribution in [0.2, 0.25) is 0 Å². The van der Waals surface area contributed by atoms with Crippen molar-refractivity contribution >= 4 is 17.2 Å². The Morgan fingerprint density at radius 2 is 2.11 bits per heavy atom. The molecule has 0 amide bonds. The van der Waals surface area contributed by atoms with Gasteiger partial charge in [-0.1, -0.05) is 25.6 Å². The predicted molar refractivity (Wildman–Crippen MR) is 75.9 cm³/mol. The number of ether oxygens (including phenoxy) is 1. The van der Waals surface area contributed by atoms with Crippen LogP contribution in [0.1, 0.15) is 43.9 Å². The maximum Gasteiger partial charge on any atom is 0.222 e. The molecular formula is C13H21N3OS. The third-order valence-electron chi connectivity index (χ3n) is 3.71. The van der Waals surface area contributed by atoms with Gasteiger partial charge in [-0.15, -0.1) is 0 Å². The maximum absolute atomic E-state index is 6.14. The summed E-state index contributed by atoms with van der Waals surface area (Å²) in [7, 11) is 1.87. The second kappa shape index (κ2) is 5.26. The standard InChI is InChI=1S/C13H21N3OS/c1-8-6-4-5-7-10(8)17-13-11(12(14)18)9(2)15-16(13)3/h8,10H,4-7H2,1-3H3,(H2,14,18). The molecule has 1 aromatic rings. The molecule has 1 fully saturated rings. The molecule has 1 heterocycles. The van der Waals surface area contributed by atoms with E-state index in [4.69, 9.17) is 22.7 Å². The van der Waals surface area contributed by atoms with Gasteiger partial charge in [0.2, 0.25) is 5.88 Å². The zero-order valence-electron chi connectivity index (χ0n) is 11.3. The van der Waals surface area contributed by atoms with Crippen molar-refractivity contribution in [3.8, 4) is 5.88 Å². The van der Waals surface area contributed by atoms with Crippen LogP contribution in [0.15, 0.2) is 0 Å². The molecule has 2 unspecified atom stereocenters. The van der Waals surface area contributed by atoms with Crippen LogP contribution in [0.4, 0.5) is 0 Å². The molecular weight excluding hydrogens is 246 g/mol. The number of nitrogens with two attached hydrogens (primary N) is 1. The highest BCUT2D eigenvalue weighted by Gasteiger charge is 2.26. The molecule has 2 N–H and O–H groups in total. The van der Waals surface area contributed by atoms with Crippen molar-refractivity contribution in [3.05, 3.63) is 11.3 Å². The first-order chi connectivity index (χ1) is 8.50. The highest BCUT2D eigenvalue weighted by molar-refractivity contribution is 7.80. The van der Waals surface area contributed by atoms with Crippen LogP contribution in [0.5, 0.6) is 5.88 Å². The van der Waals surface area contributed by atoms with Crippen LogP contribution in [0.3, 0.4) is 0 Å². The molecule has 18 heavy (non-hydrogen) atoms. The second-order valence-electron chi connectivity index (χ2n) is 5.17. The Bertz CT molecular complexity index is 455. The van der Waals surface area contributed by atoms with Gasteiger partial charge in [0.05, 0.1) is 11.3 Å². The van der Waals surface area contributed by atoms with Crippen molar-refractivity contribution < 1.29 is 4.74 Å². The van der Waals surface area contributed by atoms with E-state index in [0.29, 0.717) is 10.9 Å². The van der Waals surface area contributed by atoms with Crippen LogP contribution in [-0.4, -0.2) is 20.9 Å². The van der Waals surface area contributed by atoms with Crippen molar-refractivity contribution in [3.63, 3.8) is 0 Å². The van der Waals surface area contributed by atoms with E-state index in [-0.39, 0.29) is 6.10 Å². The van der Waals surface area contributed by atoms with E-state index in [0.717, 1.165) is 23.6 Å². The molecule has 0 spiro atoms. The van der Waals surface area contributed by atoms with Crippen LogP contribution >= 0.6 is 12.2 Å². The molecule has 0 aromatic carbocycles. The minimum Gasteiger partial charge on any atom is -0.474 e. The Hall–Kier alpha value is -1.10. The van der Waals surface area contributed by atoms with Crippen molar-refractivity contribution in [2.24, 2.45) is 18.7 Å². The Kier molecular flexibility index (Phi) is 3.90. The fourth-order valence-electron chi connectivity index (χ4n) is 2.66. The van der Waals surface area contributed by atoms with Crippen molar-refractivity contribution in [2.45, 2.75) is 45.6 Å². The lowest BCUT2D eigenvalue weighted by Crippen LogP contribution is -2.29. The summed E-state index contributed by atoms with van der Waals surface area (Å²) in [4.78, 5) is 0.360. The van der Waals surface area contributed by atoms with Gasteiger partial charge >= 0.3 is 0 Å². The van der Waals surface area contributed by atoms with E-state index < -0.39 is 0 Å². The number of aryl methyl sites for hydroxylation is 2. The lowest BCUT2D eigenvalue weighted by atomic mass is 9.88. The monoisotopic (exact) mass is 267 g/mol. The zero-order chi connectivity index (χ0) is 13.3. The second-order valence-corrected chi connectivity index (χ2v) is 5.61. The number of rotatable bonds is 3. The molecule has 5 heteroatoms. The lowest BCUT2D eigenvalue weighted by Gasteiger charge is -2.29. The maximum atomic E-state index is 6.14. The molecule has 2 rings (SSSR count). The van der Waals surface area contributed by atoms with Gasteiger partial charge in [0.25, 0.3) is 0 Å². The van der Waals surface area contributed by atoms with E-state index >= 15 is 0 Å². The first kappa shape index (κ1) is 13.3. The minimum atomic E-state index is 0.252. The summed E-state index contributed by atoms with van der Waals surface area (Å²) in [6, 6.07) is 0. The predicted octanol–water partition coefficient (Wildman–Crippen LogP) is 2.32. The van der Waals surface area contributed by atoms with Gasteiger partial charge in [-0.05, 0) is 32.1 Å². The molecule has 4 nitrogen and oxygen atoms in total. The topological polar surface area (TPSA) is 53.1 Å². The molecule has 1 aromatic heterocycles. The quantitative estimate of drug-likeness (QED) is 0.854. The molecule has 0 radical (unpaired) electrons. The van der Waals surface area contributed by atoms with Gasteiger partial charge in [0.1, 0.15) is 11.1 Å². The molecule has 0 saturated heterocycles. The summed E-state index contributed by atoms with van der Waals surface area (Å²) < 4.78 is 7.89. The Labute approximate surface area is 113 Å². The van der Waals surface area contributed by atoms with Crippen LogP contribution in [-0.2, 0) is 7.05 Å². The molecule has 1 aliphatic carbocycles. The molecule has 0 bridgehead atoms. The molecule has 1 aliphatic rings. The van der Waals surface area contributed by atoms with Crippen LogP contribution in [0.25, 0.3) is 0 Å². The summed E-state index contributed by atoms with van der Waals surface area (Å²) in [6.45, 7) is 4.15. The number of aromatic nitrogens is 2. The molecule has 100 valence electrons. The summed E-state index contributed by atoms with van der Waals surface area (Å²) >= 11 is 5.09. The van der Waals surface area contributed by atoms with Crippen LogP contribution in [0, 0.1) is 12.8 Å². The van der Waals surface area contributed by atoms with Gasteiger partial charge in [0, 0.05) is 7.05 Å². The smallest absolute Gasteiger partial charge is 0.222 e. The third-order valence-corrected chi connectivity index (χ3v) is 3.92. The number of hydrogen-bond acceptors (Lipinski definition) is 3. The minimum absolute atomic E-state index is 0.252. The Morgan fingerprint density at radius 3 is 2.72 bits per heavy atom. The van der Waals surface area contributed by atoms with Gasteiger partial charge in [0.15, 0.2) is 0 Å². The highest BCUT2D eigenvalue weighted by atomic mass is 32.1. The lowest BCUT2D eigenvalue weighted by molar-refractivity contribution is 0.0927. The normalized spacial score (nSPS) is 23.9. The van der Waals surface area contributed by atoms with E-state index in [1.165, 1.54) is 19.3 Å². The van der Waals surface area contributed by atoms with Gasteiger partial charge in [-0.3, -0.25) is 0 Å². The zero-order valence-corrected chi connectivity index (χ0v) is 12.1. The Morgan fingerprint density at radius 1 is 1.44 bits per heavy atom. The fourth-order valence-corrected chi connectivity index (χ4v) is 2.89. The SMILES string of the molecule is Cc1nn(C)c(OC2CCCCC2C)c1C(N)=S. The van der Waals surface area contributed by atoms with E-state index in [2.05, 4.69) is 12.0 Å². The summed E-state index contributed by atoms with van der Waals surface area (Å²) in [5.74, 6) is 1.30. The average molecular weight is 267 g/mol. The number of hydrogen-bond donors (Lipinski definition) is 1. The van der Waals surface area contributed by atoms with E-state index in [9.17, 15) is 0 Å². The molecule has 1 saturated carbocycles. The fraction of sp³-hybridized carbons (Fsp3) is 0.692. The number of nitrogens with zero attached hydrogens (tertiary/aromatic N) is 2. The summed E-state index contributed by atoms with van der Waals surface area (Å²) in [6.07, 6.45) is 5.11. The van der Waals surface area contributed by atoms with Gasteiger partial charge in [-0.25, -0.2) is 4.68 Å². The summed E-state index contributed by atoms with van der Waals surface area (Å²) in [5.41, 5.74) is 7.39. The Balaban J connectivity index is 2.25. The van der Waals surface area contributed by atoms with Gasteiger partial charge < -0.3 is 10.5 Å². The van der Waals surface area contributed by atoms with Crippen molar-refractivity contribution in [1.29, 1.82) is 0 Å². The largest absolute Gasteiger partial charge is 0.474 e. The summed E-state index contributed by atoms with van der Waals surface area (Å²) in [5, 5.41) is 4.35. The highest BCUT2D eigenvalue weighted by Crippen LogP contribution is 2.30. The average Bonchev–Trinajstić information content (AvgIpc) is 2.57. The van der Waals surface area contributed by atoms with Crippen LogP contribution < -0.4 is 10.5 Å². The molecule has 2 atom stereocenters. The first-order valence-electron chi connectivity index (χ1n) is 6.50. The van der Waals surface area contributed by atoms with E-state index in [1.807, 2.05) is 14.0 Å². The van der Waals surface area contributed by atoms with E-state index in [1.54, 1.807) is 4.68 Å². The third kappa shape index (κ3) is 2.51. The first-order valence-corrected chi connectivity index (χ1v) is 6.91. The van der Waals surface area contributed by atoms with Gasteiger partial charge in [-0.2, -0.15) is 5.10 Å². The number of thiocarbonyl (C=S) groups is 1.